The summed E-state index contributed by atoms with van der Waals surface area (Å²) in [6, 6.07) is 8.27. The number of carbonyl (C=O) groups excluding carboxylic acids is 1. The van der Waals surface area contributed by atoms with Crippen LogP contribution in [0.5, 0.6) is 0 Å². The third-order valence-corrected chi connectivity index (χ3v) is 4.03. The van der Waals surface area contributed by atoms with E-state index in [1.54, 1.807) is 18.5 Å². The van der Waals surface area contributed by atoms with Crippen molar-refractivity contribution in [2.45, 2.75) is 12.8 Å². The molecule has 108 valence electrons. The number of ketones is 1. The number of benzene rings is 1. The first-order valence-electron chi connectivity index (χ1n) is 7.18. The summed E-state index contributed by atoms with van der Waals surface area (Å²) in [5, 5.41) is 0.664. The maximum absolute atomic E-state index is 13.5. The van der Waals surface area contributed by atoms with Gasteiger partial charge in [-0.1, -0.05) is 6.07 Å². The average molecular weight is 292 g/mol. The van der Waals surface area contributed by atoms with E-state index in [1.807, 2.05) is 18.2 Å². The van der Waals surface area contributed by atoms with Gasteiger partial charge in [-0.15, -0.1) is 0 Å². The van der Waals surface area contributed by atoms with Crippen molar-refractivity contribution in [2.75, 3.05) is 0 Å². The Kier molecular flexibility index (Phi) is 2.89. The van der Waals surface area contributed by atoms with Crippen LogP contribution in [-0.4, -0.2) is 15.8 Å². The lowest BCUT2D eigenvalue weighted by Crippen LogP contribution is -2.13. The van der Waals surface area contributed by atoms with Gasteiger partial charge in [0.2, 0.25) is 0 Å². The molecule has 0 saturated carbocycles. The molecule has 0 saturated heterocycles. The highest BCUT2D eigenvalue weighted by Gasteiger charge is 2.26. The van der Waals surface area contributed by atoms with Gasteiger partial charge >= 0.3 is 0 Å². The summed E-state index contributed by atoms with van der Waals surface area (Å²) in [4.78, 5) is 20.1. The lowest BCUT2D eigenvalue weighted by atomic mass is 9.89. The number of nitrogens with zero attached hydrogens (tertiary/aromatic N) is 1. The third-order valence-electron chi connectivity index (χ3n) is 4.03. The molecule has 0 amide bonds. The molecule has 4 rings (SSSR count). The molecule has 3 nitrogen and oxygen atoms in total. The van der Waals surface area contributed by atoms with Crippen molar-refractivity contribution in [1.29, 1.82) is 0 Å². The van der Waals surface area contributed by atoms with E-state index in [2.05, 4.69) is 9.97 Å². The molecule has 0 bridgehead atoms. The second-order valence-electron chi connectivity index (χ2n) is 5.45. The summed E-state index contributed by atoms with van der Waals surface area (Å²) in [5.41, 5.74) is 3.96. The summed E-state index contributed by atoms with van der Waals surface area (Å²) in [5.74, 6) is -0.354. The summed E-state index contributed by atoms with van der Waals surface area (Å²) in [6.07, 6.45) is 6.73. The smallest absolute Gasteiger partial charge is 0.191 e. The molecular formula is C18H13FN2O. The van der Waals surface area contributed by atoms with E-state index in [0.717, 1.165) is 28.8 Å². The number of carbonyl (C=O) groups is 1. The van der Waals surface area contributed by atoms with Crippen molar-refractivity contribution >= 4 is 22.8 Å². The second-order valence-corrected chi connectivity index (χ2v) is 5.45. The van der Waals surface area contributed by atoms with E-state index < -0.39 is 0 Å². The molecule has 0 atom stereocenters. The van der Waals surface area contributed by atoms with Gasteiger partial charge in [-0.25, -0.2) is 4.39 Å². The quantitative estimate of drug-likeness (QED) is 0.691. The van der Waals surface area contributed by atoms with E-state index >= 15 is 0 Å². The number of Topliss-reactive ketones (excluding diaryl/α,β-unsaturated/α-hetero) is 1. The number of pyridine rings is 1. The molecule has 22 heavy (non-hydrogen) atoms. The van der Waals surface area contributed by atoms with Crippen LogP contribution in [0.4, 0.5) is 4.39 Å². The predicted octanol–water partition coefficient (Wildman–Crippen LogP) is 3.91. The van der Waals surface area contributed by atoms with Gasteiger partial charge in [-0.2, -0.15) is 0 Å². The number of allylic oxidation sites excluding steroid dienone is 1. The number of halogens is 1. The van der Waals surface area contributed by atoms with E-state index in [0.29, 0.717) is 17.4 Å². The summed E-state index contributed by atoms with van der Waals surface area (Å²) >= 11 is 0. The Morgan fingerprint density at radius 1 is 1.23 bits per heavy atom. The normalized spacial score (nSPS) is 16.2. The maximum Gasteiger partial charge on any atom is 0.191 e. The number of hydrogen-bond donors (Lipinski definition) is 1. The van der Waals surface area contributed by atoms with Crippen LogP contribution in [-0.2, 0) is 6.42 Å². The van der Waals surface area contributed by atoms with Crippen LogP contribution in [0.3, 0.4) is 0 Å². The zero-order valence-corrected chi connectivity index (χ0v) is 11.8. The number of fused-ring (bicyclic) bond motifs is 3. The second kappa shape index (κ2) is 4.91. The van der Waals surface area contributed by atoms with Crippen molar-refractivity contribution in [2.24, 2.45) is 0 Å². The number of H-pyrrole nitrogens is 1. The van der Waals surface area contributed by atoms with Crippen LogP contribution < -0.4 is 0 Å². The van der Waals surface area contributed by atoms with E-state index in [1.165, 1.54) is 12.1 Å². The van der Waals surface area contributed by atoms with Gasteiger partial charge in [0.1, 0.15) is 5.82 Å². The Balaban J connectivity index is 1.84. The van der Waals surface area contributed by atoms with Gasteiger partial charge in [-0.3, -0.25) is 9.78 Å². The number of rotatable bonds is 1. The van der Waals surface area contributed by atoms with Crippen LogP contribution in [0.1, 0.15) is 28.0 Å². The fourth-order valence-electron chi connectivity index (χ4n) is 3.00. The van der Waals surface area contributed by atoms with Gasteiger partial charge in [-0.05, 0) is 48.7 Å². The first kappa shape index (κ1) is 13.0. The molecule has 0 unspecified atom stereocenters. The molecular weight excluding hydrogens is 279 g/mol. The molecule has 0 aliphatic heterocycles. The zero-order valence-electron chi connectivity index (χ0n) is 11.8. The largest absolute Gasteiger partial charge is 0.358 e. The van der Waals surface area contributed by atoms with Crippen molar-refractivity contribution in [1.82, 2.24) is 9.97 Å². The minimum atomic E-state index is -0.328. The third kappa shape index (κ3) is 2.04. The molecule has 2 heterocycles. The molecule has 0 fully saturated rings. The first-order chi connectivity index (χ1) is 10.7. The highest BCUT2D eigenvalue weighted by molar-refractivity contribution is 6.19. The van der Waals surface area contributed by atoms with Crippen molar-refractivity contribution in [3.8, 4) is 0 Å². The molecule has 1 aliphatic carbocycles. The molecule has 4 heteroatoms. The first-order valence-corrected chi connectivity index (χ1v) is 7.18. The topological polar surface area (TPSA) is 45.8 Å². The highest BCUT2D eigenvalue weighted by atomic mass is 19.1. The number of nitrogens with one attached hydrogen (secondary N) is 1. The Morgan fingerprint density at radius 2 is 2.14 bits per heavy atom. The van der Waals surface area contributed by atoms with E-state index in [-0.39, 0.29) is 11.6 Å². The van der Waals surface area contributed by atoms with Gasteiger partial charge in [0.25, 0.3) is 0 Å². The Bertz CT molecular complexity index is 909. The van der Waals surface area contributed by atoms with Crippen LogP contribution in [0.2, 0.25) is 0 Å². The zero-order chi connectivity index (χ0) is 15.1. The molecule has 1 N–H and O–H groups in total. The van der Waals surface area contributed by atoms with Crippen molar-refractivity contribution < 1.29 is 9.18 Å². The van der Waals surface area contributed by atoms with Crippen LogP contribution in [0.25, 0.3) is 17.0 Å². The molecule has 1 aromatic carbocycles. The Morgan fingerprint density at radius 3 is 2.95 bits per heavy atom. The molecule has 2 aromatic heterocycles. The number of aryl methyl sites for hydroxylation is 1. The maximum atomic E-state index is 13.5. The Labute approximate surface area is 126 Å². The summed E-state index contributed by atoms with van der Waals surface area (Å²) in [7, 11) is 0. The minimum absolute atomic E-state index is 0.0260. The fraction of sp³-hybridized carbons (Fsp3) is 0.111. The van der Waals surface area contributed by atoms with Gasteiger partial charge < -0.3 is 4.98 Å². The Hall–Kier alpha value is -2.75. The monoisotopic (exact) mass is 292 g/mol. The SMILES string of the molecule is O=C1/C(=C/c2cccnc2)CCc2[nH]c3ccc(F)cc3c21. The van der Waals surface area contributed by atoms with Crippen molar-refractivity contribution in [3.05, 3.63) is 70.9 Å². The molecule has 1 aliphatic rings. The predicted molar refractivity (Wildman–Crippen MR) is 83.1 cm³/mol. The molecule has 0 spiro atoms. The van der Waals surface area contributed by atoms with Crippen molar-refractivity contribution in [3.63, 3.8) is 0 Å². The summed E-state index contributed by atoms with van der Waals surface area (Å²) < 4.78 is 13.5. The van der Waals surface area contributed by atoms with Gasteiger partial charge in [0, 0.05) is 34.6 Å². The fourth-order valence-corrected chi connectivity index (χ4v) is 3.00. The molecule has 3 aromatic rings. The highest BCUT2D eigenvalue weighted by Crippen LogP contribution is 2.32. The van der Waals surface area contributed by atoms with Gasteiger partial charge in [0.15, 0.2) is 5.78 Å². The number of hydrogen-bond acceptors (Lipinski definition) is 2. The minimum Gasteiger partial charge on any atom is -0.358 e. The average Bonchev–Trinajstić information content (AvgIpc) is 2.89. The van der Waals surface area contributed by atoms with Crippen LogP contribution in [0.15, 0.2) is 48.3 Å². The standard InChI is InChI=1S/C18H13FN2O/c19-13-4-6-15-14(9-13)17-16(21-15)5-3-12(18(17)22)8-11-2-1-7-20-10-11/h1-2,4,6-10,21H,3,5H2/b12-8+. The number of aromatic amines is 1. The lowest BCUT2D eigenvalue weighted by molar-refractivity contribution is 0.102. The van der Waals surface area contributed by atoms with Crippen LogP contribution in [0, 0.1) is 5.82 Å². The van der Waals surface area contributed by atoms with Gasteiger partial charge in [0.05, 0.1) is 5.56 Å². The number of aromatic nitrogens is 2. The van der Waals surface area contributed by atoms with E-state index in [9.17, 15) is 9.18 Å². The molecule has 0 radical (unpaired) electrons. The van der Waals surface area contributed by atoms with E-state index in [4.69, 9.17) is 0 Å². The van der Waals surface area contributed by atoms with Crippen LogP contribution >= 0.6 is 0 Å². The lowest BCUT2D eigenvalue weighted by Gasteiger charge is -2.14. The summed E-state index contributed by atoms with van der Waals surface area (Å²) in [6.45, 7) is 0.